The summed E-state index contributed by atoms with van der Waals surface area (Å²) in [6.07, 6.45) is 11.7. The smallest absolute Gasteiger partial charge is 0.188 e. The Morgan fingerprint density at radius 1 is 1.23 bits per heavy atom. The lowest BCUT2D eigenvalue weighted by Crippen LogP contribution is -2.33. The molecule has 0 fully saturated rings. The van der Waals surface area contributed by atoms with Crippen LogP contribution in [0.25, 0.3) is 0 Å². The van der Waals surface area contributed by atoms with Gasteiger partial charge in [-0.2, -0.15) is 0 Å². The highest BCUT2D eigenvalue weighted by molar-refractivity contribution is 14.0. The standard InChI is InChI=1S/C16H30N4S.HI/c1-3-5-6-7-8-9-11-18-16(17)19-12-10-15-20-13-14(4-2)21-15;/h13H,3-12H2,1-2H3,(H3,17,18,19);1H. The van der Waals surface area contributed by atoms with Gasteiger partial charge in [-0.25, -0.2) is 4.98 Å². The topological polar surface area (TPSA) is 63.3 Å². The van der Waals surface area contributed by atoms with Crippen LogP contribution >= 0.6 is 35.3 Å². The van der Waals surface area contributed by atoms with Crippen LogP contribution in [-0.2, 0) is 12.8 Å². The molecule has 22 heavy (non-hydrogen) atoms. The summed E-state index contributed by atoms with van der Waals surface area (Å²) < 4.78 is 0. The van der Waals surface area contributed by atoms with Gasteiger partial charge < -0.3 is 11.1 Å². The molecule has 0 aliphatic heterocycles. The van der Waals surface area contributed by atoms with Crippen LogP contribution in [0.3, 0.4) is 0 Å². The molecule has 6 heteroatoms. The van der Waals surface area contributed by atoms with Crippen molar-refractivity contribution in [3.63, 3.8) is 0 Å². The van der Waals surface area contributed by atoms with Crippen molar-refractivity contribution < 1.29 is 0 Å². The maximum absolute atomic E-state index is 5.85. The van der Waals surface area contributed by atoms with Crippen molar-refractivity contribution in [3.8, 4) is 0 Å². The van der Waals surface area contributed by atoms with E-state index in [9.17, 15) is 0 Å². The average molecular weight is 438 g/mol. The molecule has 0 aromatic carbocycles. The molecule has 0 spiro atoms. The molecule has 0 radical (unpaired) electrons. The molecule has 0 saturated heterocycles. The number of hydrogen-bond acceptors (Lipinski definition) is 3. The van der Waals surface area contributed by atoms with E-state index in [-0.39, 0.29) is 24.0 Å². The summed E-state index contributed by atoms with van der Waals surface area (Å²) in [5.74, 6) is 0.566. The minimum absolute atomic E-state index is 0. The molecule has 0 atom stereocenters. The van der Waals surface area contributed by atoms with Gasteiger partial charge in [0.15, 0.2) is 5.96 Å². The van der Waals surface area contributed by atoms with Gasteiger partial charge >= 0.3 is 0 Å². The molecule has 0 amide bonds. The number of halogens is 1. The van der Waals surface area contributed by atoms with Gasteiger partial charge in [0, 0.05) is 30.6 Å². The molecule has 1 aromatic rings. The lowest BCUT2D eigenvalue weighted by atomic mass is 10.1. The van der Waals surface area contributed by atoms with Crippen molar-refractivity contribution in [3.05, 3.63) is 16.1 Å². The van der Waals surface area contributed by atoms with Gasteiger partial charge in [-0.05, 0) is 12.8 Å². The molecular formula is C16H31IN4S. The zero-order valence-electron chi connectivity index (χ0n) is 13.9. The summed E-state index contributed by atoms with van der Waals surface area (Å²) in [5.41, 5.74) is 5.85. The fourth-order valence-electron chi connectivity index (χ4n) is 2.07. The third-order valence-electron chi connectivity index (χ3n) is 3.39. The summed E-state index contributed by atoms with van der Waals surface area (Å²) in [5, 5.41) is 4.33. The van der Waals surface area contributed by atoms with Crippen LogP contribution in [0, 0.1) is 0 Å². The lowest BCUT2D eigenvalue weighted by Gasteiger charge is -2.04. The van der Waals surface area contributed by atoms with E-state index in [1.165, 1.54) is 42.0 Å². The summed E-state index contributed by atoms with van der Waals surface area (Å²) in [6.45, 7) is 6.04. The van der Waals surface area contributed by atoms with Crippen LogP contribution in [0.15, 0.2) is 11.2 Å². The van der Waals surface area contributed by atoms with E-state index in [1.54, 1.807) is 11.3 Å². The van der Waals surface area contributed by atoms with Crippen molar-refractivity contribution in [2.24, 2.45) is 10.7 Å². The van der Waals surface area contributed by atoms with Crippen molar-refractivity contribution in [1.82, 2.24) is 10.3 Å². The fraction of sp³-hybridized carbons (Fsp3) is 0.750. The Labute approximate surface area is 156 Å². The third kappa shape index (κ3) is 10.4. The summed E-state index contributed by atoms with van der Waals surface area (Å²) in [6, 6.07) is 0. The molecule has 4 nitrogen and oxygen atoms in total. The van der Waals surface area contributed by atoms with Gasteiger partial charge in [0.1, 0.15) is 0 Å². The number of hydrogen-bond donors (Lipinski definition) is 2. The maximum Gasteiger partial charge on any atom is 0.188 e. The molecule has 1 heterocycles. The third-order valence-corrected chi connectivity index (χ3v) is 4.59. The molecule has 0 saturated carbocycles. The normalized spacial score (nSPS) is 11.3. The molecule has 0 aliphatic carbocycles. The Morgan fingerprint density at radius 2 is 1.95 bits per heavy atom. The Bertz CT molecular complexity index is 407. The van der Waals surface area contributed by atoms with Crippen LogP contribution in [0.4, 0.5) is 0 Å². The maximum atomic E-state index is 5.85. The monoisotopic (exact) mass is 438 g/mol. The predicted octanol–water partition coefficient (Wildman–Crippen LogP) is 4.13. The van der Waals surface area contributed by atoms with Gasteiger partial charge in [-0.1, -0.05) is 46.0 Å². The van der Waals surface area contributed by atoms with Gasteiger partial charge in [0.05, 0.1) is 5.01 Å². The zero-order valence-corrected chi connectivity index (χ0v) is 17.1. The van der Waals surface area contributed by atoms with E-state index < -0.39 is 0 Å². The van der Waals surface area contributed by atoms with E-state index in [1.807, 2.05) is 6.20 Å². The van der Waals surface area contributed by atoms with Gasteiger partial charge in [0.25, 0.3) is 0 Å². The molecular weight excluding hydrogens is 407 g/mol. The largest absolute Gasteiger partial charge is 0.370 e. The van der Waals surface area contributed by atoms with Gasteiger partial charge in [-0.3, -0.25) is 4.99 Å². The molecule has 3 N–H and O–H groups in total. The Kier molecular flexibility index (Phi) is 14.0. The predicted molar refractivity (Wildman–Crippen MR) is 108 cm³/mol. The highest BCUT2D eigenvalue weighted by Crippen LogP contribution is 2.13. The number of thiazole rings is 1. The number of unbranched alkanes of at least 4 members (excludes halogenated alkanes) is 5. The van der Waals surface area contributed by atoms with Crippen molar-refractivity contribution in [1.29, 1.82) is 0 Å². The Hall–Kier alpha value is -0.370. The second-order valence-electron chi connectivity index (χ2n) is 5.29. The second kappa shape index (κ2) is 14.2. The number of rotatable bonds is 11. The van der Waals surface area contributed by atoms with E-state index in [0.717, 1.165) is 32.4 Å². The number of aromatic nitrogens is 1. The number of nitrogens with one attached hydrogen (secondary N) is 1. The molecule has 0 bridgehead atoms. The second-order valence-corrected chi connectivity index (χ2v) is 6.49. The number of nitrogens with zero attached hydrogens (tertiary/aromatic N) is 2. The van der Waals surface area contributed by atoms with E-state index in [2.05, 4.69) is 29.1 Å². The van der Waals surface area contributed by atoms with Crippen LogP contribution < -0.4 is 11.1 Å². The number of aryl methyl sites for hydroxylation is 1. The molecule has 1 rings (SSSR count). The first-order valence-electron chi connectivity index (χ1n) is 8.23. The SMILES string of the molecule is CCCCCCCCN=C(N)NCCc1ncc(CC)s1.I. The van der Waals surface area contributed by atoms with E-state index >= 15 is 0 Å². The number of nitrogens with two attached hydrogens (primary N) is 1. The quantitative estimate of drug-likeness (QED) is 0.236. The van der Waals surface area contributed by atoms with E-state index in [0.29, 0.717) is 5.96 Å². The van der Waals surface area contributed by atoms with Crippen LogP contribution in [0.5, 0.6) is 0 Å². The Balaban J connectivity index is 0.00000441. The average Bonchev–Trinajstić information content (AvgIpc) is 2.94. The molecule has 0 aliphatic rings. The summed E-state index contributed by atoms with van der Waals surface area (Å²) in [4.78, 5) is 10.1. The first-order chi connectivity index (χ1) is 10.3. The van der Waals surface area contributed by atoms with Gasteiger partial charge in [-0.15, -0.1) is 35.3 Å². The molecule has 1 aromatic heterocycles. The highest BCUT2D eigenvalue weighted by atomic mass is 127. The van der Waals surface area contributed by atoms with Crippen LogP contribution in [0.2, 0.25) is 0 Å². The first kappa shape index (κ1) is 21.6. The molecule has 128 valence electrons. The zero-order chi connectivity index (χ0) is 15.3. The number of aliphatic imine (C=N–C) groups is 1. The van der Waals surface area contributed by atoms with Crippen molar-refractivity contribution in [2.75, 3.05) is 13.1 Å². The highest BCUT2D eigenvalue weighted by Gasteiger charge is 2.00. The minimum Gasteiger partial charge on any atom is -0.370 e. The number of guanidine groups is 1. The van der Waals surface area contributed by atoms with Crippen LogP contribution in [-0.4, -0.2) is 24.0 Å². The van der Waals surface area contributed by atoms with E-state index in [4.69, 9.17) is 5.73 Å². The first-order valence-corrected chi connectivity index (χ1v) is 9.05. The molecule has 0 unspecified atom stereocenters. The Morgan fingerprint density at radius 3 is 2.64 bits per heavy atom. The minimum atomic E-state index is 0. The summed E-state index contributed by atoms with van der Waals surface area (Å²) in [7, 11) is 0. The van der Waals surface area contributed by atoms with Crippen molar-refractivity contribution in [2.45, 2.75) is 65.2 Å². The lowest BCUT2D eigenvalue weighted by molar-refractivity contribution is 0.611. The van der Waals surface area contributed by atoms with Crippen molar-refractivity contribution >= 4 is 41.3 Å². The fourth-order valence-corrected chi connectivity index (χ4v) is 2.93. The van der Waals surface area contributed by atoms with Gasteiger partial charge in [0.2, 0.25) is 0 Å². The summed E-state index contributed by atoms with van der Waals surface area (Å²) >= 11 is 1.78. The van der Waals surface area contributed by atoms with Crippen LogP contribution in [0.1, 0.15) is 62.3 Å².